The molecule has 140 valence electrons. The molecule has 0 radical (unpaired) electrons. The monoisotopic (exact) mass is 366 g/mol. The second-order valence-corrected chi connectivity index (χ2v) is 6.63. The molecule has 3 rings (SSSR count). The summed E-state index contributed by atoms with van der Waals surface area (Å²) in [6.07, 6.45) is 7.91. The first-order valence-electron chi connectivity index (χ1n) is 9.25. The highest BCUT2D eigenvalue weighted by Crippen LogP contribution is 2.19. The average molecular weight is 366 g/mol. The van der Waals surface area contributed by atoms with Crippen molar-refractivity contribution in [2.24, 2.45) is 0 Å². The molecule has 0 bridgehead atoms. The van der Waals surface area contributed by atoms with Crippen molar-refractivity contribution >= 4 is 17.5 Å². The van der Waals surface area contributed by atoms with Crippen molar-refractivity contribution in [1.29, 1.82) is 0 Å². The average Bonchev–Trinajstić information content (AvgIpc) is 2.70. The molecule has 5 heteroatoms. The minimum atomic E-state index is -0.491. The van der Waals surface area contributed by atoms with Crippen molar-refractivity contribution < 1.29 is 14.0 Å². The van der Waals surface area contributed by atoms with Gasteiger partial charge in [0.25, 0.3) is 11.8 Å². The lowest BCUT2D eigenvalue weighted by Crippen LogP contribution is -2.25. The fraction of sp³-hybridized carbons (Fsp3) is 0.273. The van der Waals surface area contributed by atoms with Crippen LogP contribution in [0.1, 0.15) is 52.8 Å². The fourth-order valence-corrected chi connectivity index (χ4v) is 3.10. The lowest BCUT2D eigenvalue weighted by molar-refractivity contribution is 0.0952. The molecule has 2 N–H and O–H groups in total. The van der Waals surface area contributed by atoms with Crippen molar-refractivity contribution in [2.45, 2.75) is 32.1 Å². The van der Waals surface area contributed by atoms with Gasteiger partial charge in [0, 0.05) is 17.7 Å². The van der Waals surface area contributed by atoms with E-state index in [1.165, 1.54) is 30.5 Å². The van der Waals surface area contributed by atoms with E-state index in [0.717, 1.165) is 19.3 Å². The minimum absolute atomic E-state index is 0.126. The standard InChI is InChI=1S/C22H23FN2O2/c23-19-8-4-5-9-20(19)25-22(27)18-12-10-17(11-13-18)21(26)24-15-14-16-6-2-1-3-7-16/h4-6,8-13H,1-3,7,14-15H2,(H,24,26)(H,25,27). The number of hydrogen-bond acceptors (Lipinski definition) is 2. The van der Waals surface area contributed by atoms with Crippen LogP contribution in [-0.2, 0) is 0 Å². The van der Waals surface area contributed by atoms with Crippen LogP contribution in [0.2, 0.25) is 0 Å². The summed E-state index contributed by atoms with van der Waals surface area (Å²) in [4.78, 5) is 24.4. The summed E-state index contributed by atoms with van der Waals surface area (Å²) in [5.74, 6) is -1.07. The lowest BCUT2D eigenvalue weighted by atomic mass is 9.97. The van der Waals surface area contributed by atoms with Crippen LogP contribution in [0.25, 0.3) is 0 Å². The zero-order valence-corrected chi connectivity index (χ0v) is 15.1. The molecule has 2 amide bonds. The Morgan fingerprint density at radius 3 is 2.30 bits per heavy atom. The summed E-state index contributed by atoms with van der Waals surface area (Å²) in [6, 6.07) is 12.3. The number of hydrogen-bond donors (Lipinski definition) is 2. The quantitative estimate of drug-likeness (QED) is 0.728. The van der Waals surface area contributed by atoms with Crippen LogP contribution in [0.3, 0.4) is 0 Å². The van der Waals surface area contributed by atoms with E-state index in [2.05, 4.69) is 16.7 Å². The van der Waals surface area contributed by atoms with Gasteiger partial charge < -0.3 is 10.6 Å². The number of amides is 2. The first-order chi connectivity index (χ1) is 13.1. The summed E-state index contributed by atoms with van der Waals surface area (Å²) < 4.78 is 13.6. The smallest absolute Gasteiger partial charge is 0.255 e. The first kappa shape index (κ1) is 18.8. The predicted octanol–water partition coefficient (Wildman–Crippen LogP) is 4.70. The van der Waals surface area contributed by atoms with Gasteiger partial charge in [-0.2, -0.15) is 0 Å². The van der Waals surface area contributed by atoms with Gasteiger partial charge in [-0.3, -0.25) is 9.59 Å². The van der Waals surface area contributed by atoms with E-state index in [0.29, 0.717) is 17.7 Å². The zero-order chi connectivity index (χ0) is 19.1. The van der Waals surface area contributed by atoms with E-state index >= 15 is 0 Å². The predicted molar refractivity (Wildman–Crippen MR) is 104 cm³/mol. The second-order valence-electron chi connectivity index (χ2n) is 6.63. The summed E-state index contributed by atoms with van der Waals surface area (Å²) in [5, 5.41) is 5.44. The Kier molecular flexibility index (Phi) is 6.36. The topological polar surface area (TPSA) is 58.2 Å². The third-order valence-electron chi connectivity index (χ3n) is 4.65. The van der Waals surface area contributed by atoms with Crippen molar-refractivity contribution in [3.63, 3.8) is 0 Å². The van der Waals surface area contributed by atoms with Crippen LogP contribution in [0.4, 0.5) is 10.1 Å². The molecule has 4 nitrogen and oxygen atoms in total. The van der Waals surface area contributed by atoms with E-state index in [-0.39, 0.29) is 11.6 Å². The van der Waals surface area contributed by atoms with Crippen LogP contribution >= 0.6 is 0 Å². The van der Waals surface area contributed by atoms with Gasteiger partial charge in [0.1, 0.15) is 5.82 Å². The number of anilines is 1. The highest BCUT2D eigenvalue weighted by Gasteiger charge is 2.11. The Bertz CT molecular complexity index is 844. The molecule has 2 aromatic carbocycles. The van der Waals surface area contributed by atoms with Crippen LogP contribution in [0.15, 0.2) is 60.2 Å². The Labute approximate surface area is 158 Å². The number of allylic oxidation sites excluding steroid dienone is 1. The van der Waals surface area contributed by atoms with Crippen LogP contribution in [-0.4, -0.2) is 18.4 Å². The van der Waals surface area contributed by atoms with E-state index < -0.39 is 11.7 Å². The molecule has 0 fully saturated rings. The highest BCUT2D eigenvalue weighted by atomic mass is 19.1. The molecule has 0 aromatic heterocycles. The third kappa shape index (κ3) is 5.26. The Hall–Kier alpha value is -2.95. The van der Waals surface area contributed by atoms with Gasteiger partial charge in [-0.05, 0) is 68.5 Å². The molecule has 0 spiro atoms. The number of halogens is 1. The van der Waals surface area contributed by atoms with Gasteiger partial charge in [0.2, 0.25) is 0 Å². The van der Waals surface area contributed by atoms with Crippen molar-refractivity contribution in [3.8, 4) is 0 Å². The highest BCUT2D eigenvalue weighted by molar-refractivity contribution is 6.05. The summed E-state index contributed by atoms with van der Waals surface area (Å²) in [7, 11) is 0. The van der Waals surface area contributed by atoms with Gasteiger partial charge in [-0.15, -0.1) is 0 Å². The van der Waals surface area contributed by atoms with Crippen molar-refractivity contribution in [1.82, 2.24) is 5.32 Å². The van der Waals surface area contributed by atoms with Gasteiger partial charge in [0.05, 0.1) is 5.69 Å². The van der Waals surface area contributed by atoms with Crippen molar-refractivity contribution in [3.05, 3.63) is 77.1 Å². The molecule has 0 heterocycles. The van der Waals surface area contributed by atoms with Crippen LogP contribution in [0.5, 0.6) is 0 Å². The largest absolute Gasteiger partial charge is 0.352 e. The molecule has 2 aromatic rings. The summed E-state index contributed by atoms with van der Waals surface area (Å²) >= 11 is 0. The number of nitrogens with one attached hydrogen (secondary N) is 2. The first-order valence-corrected chi connectivity index (χ1v) is 9.25. The maximum absolute atomic E-state index is 13.6. The molecular formula is C22H23FN2O2. The molecule has 27 heavy (non-hydrogen) atoms. The molecule has 0 unspecified atom stereocenters. The molecule has 1 aliphatic rings. The lowest BCUT2D eigenvalue weighted by Gasteiger charge is -2.13. The second kappa shape index (κ2) is 9.12. The van der Waals surface area contributed by atoms with Gasteiger partial charge in [-0.1, -0.05) is 23.8 Å². The number of carbonyl (C=O) groups excluding carboxylic acids is 2. The maximum Gasteiger partial charge on any atom is 0.255 e. The van der Waals surface area contributed by atoms with Crippen LogP contribution < -0.4 is 10.6 Å². The minimum Gasteiger partial charge on any atom is -0.352 e. The summed E-state index contributed by atoms with van der Waals surface area (Å²) in [5.41, 5.74) is 2.40. The molecule has 0 saturated carbocycles. The molecule has 0 aliphatic heterocycles. The molecule has 0 saturated heterocycles. The Balaban J connectivity index is 1.53. The SMILES string of the molecule is O=C(NCCC1=CCCCC1)c1ccc(C(=O)Nc2ccccc2F)cc1. The number of carbonyl (C=O) groups is 2. The maximum atomic E-state index is 13.6. The zero-order valence-electron chi connectivity index (χ0n) is 15.1. The third-order valence-corrected chi connectivity index (χ3v) is 4.65. The van der Waals surface area contributed by atoms with Crippen LogP contribution in [0, 0.1) is 5.82 Å². The van der Waals surface area contributed by atoms with Gasteiger partial charge in [0.15, 0.2) is 0 Å². The summed E-state index contributed by atoms with van der Waals surface area (Å²) in [6.45, 7) is 0.611. The van der Waals surface area contributed by atoms with E-state index in [9.17, 15) is 14.0 Å². The number of benzene rings is 2. The molecule has 1 aliphatic carbocycles. The van der Waals surface area contributed by atoms with E-state index in [1.807, 2.05) is 0 Å². The fourth-order valence-electron chi connectivity index (χ4n) is 3.10. The number of para-hydroxylation sites is 1. The van der Waals surface area contributed by atoms with Gasteiger partial charge >= 0.3 is 0 Å². The number of rotatable bonds is 6. The Morgan fingerprint density at radius 1 is 0.926 bits per heavy atom. The van der Waals surface area contributed by atoms with Gasteiger partial charge in [-0.25, -0.2) is 4.39 Å². The normalized spacial score (nSPS) is 13.6. The molecule has 0 atom stereocenters. The van der Waals surface area contributed by atoms with E-state index in [1.54, 1.807) is 36.4 Å². The van der Waals surface area contributed by atoms with Crippen molar-refractivity contribution in [2.75, 3.05) is 11.9 Å². The van der Waals surface area contributed by atoms with E-state index in [4.69, 9.17) is 0 Å². The Morgan fingerprint density at radius 2 is 1.63 bits per heavy atom. The molecular weight excluding hydrogens is 343 g/mol.